The first-order valence-electron chi connectivity index (χ1n) is 5.90. The molecule has 4 saturated carbocycles. The zero-order valence-electron chi connectivity index (χ0n) is 9.36. The van der Waals surface area contributed by atoms with Crippen LogP contribution in [-0.2, 0) is 9.47 Å². The van der Waals surface area contributed by atoms with E-state index in [1.54, 1.807) is 0 Å². The fourth-order valence-corrected chi connectivity index (χ4v) is 4.39. The van der Waals surface area contributed by atoms with Crippen molar-refractivity contribution in [2.75, 3.05) is 7.11 Å². The van der Waals surface area contributed by atoms with Gasteiger partial charge >= 0.3 is 6.16 Å². The highest BCUT2D eigenvalue weighted by Gasteiger charge is 2.61. The summed E-state index contributed by atoms with van der Waals surface area (Å²) in [7, 11) is 1.39. The summed E-state index contributed by atoms with van der Waals surface area (Å²) in [5.41, 5.74) is -0.155. The Kier molecular flexibility index (Phi) is 1.83. The minimum Gasteiger partial charge on any atom is -0.438 e. The Morgan fingerprint density at radius 1 is 1.27 bits per heavy atom. The predicted octanol–water partition coefficient (Wildman–Crippen LogP) is 2.59. The number of rotatable bonds is 1. The molecule has 0 radical (unpaired) electrons. The van der Waals surface area contributed by atoms with Crippen LogP contribution in [0.25, 0.3) is 0 Å². The molecule has 0 aromatic carbocycles. The Bertz CT molecular complexity index is 297. The Balaban J connectivity index is 1.79. The van der Waals surface area contributed by atoms with Crippen LogP contribution in [0.4, 0.5) is 4.79 Å². The minimum atomic E-state index is -0.496. The van der Waals surface area contributed by atoms with Gasteiger partial charge in [-0.3, -0.25) is 0 Å². The van der Waals surface area contributed by atoms with Crippen molar-refractivity contribution >= 4 is 6.16 Å². The average Bonchev–Trinajstić information content (AvgIpc) is 2.58. The molecule has 3 heteroatoms. The fourth-order valence-electron chi connectivity index (χ4n) is 4.39. The number of methoxy groups -OCH3 is 1. The normalized spacial score (nSPS) is 50.8. The standard InChI is InChI=1S/C12H18O3/c1-7-8-3-9-5-12(4-8,6-10(7)9)15-11(13)14-2/h7-10H,3-6H2,1-2H3. The second kappa shape index (κ2) is 2.89. The number of carbonyl (C=O) groups excluding carboxylic acids is 1. The van der Waals surface area contributed by atoms with E-state index in [2.05, 4.69) is 11.7 Å². The van der Waals surface area contributed by atoms with Gasteiger partial charge in [0.2, 0.25) is 0 Å². The highest BCUT2D eigenvalue weighted by atomic mass is 16.7. The van der Waals surface area contributed by atoms with Gasteiger partial charge in [0, 0.05) is 0 Å². The molecule has 4 bridgehead atoms. The highest BCUT2D eigenvalue weighted by molar-refractivity contribution is 5.60. The van der Waals surface area contributed by atoms with Gasteiger partial charge in [-0.05, 0) is 49.4 Å². The molecule has 0 amide bonds. The van der Waals surface area contributed by atoms with Crippen molar-refractivity contribution in [3.05, 3.63) is 0 Å². The van der Waals surface area contributed by atoms with Gasteiger partial charge in [-0.25, -0.2) is 4.79 Å². The monoisotopic (exact) mass is 210 g/mol. The van der Waals surface area contributed by atoms with Crippen LogP contribution in [0.2, 0.25) is 0 Å². The third-order valence-corrected chi connectivity index (χ3v) is 4.97. The maximum absolute atomic E-state index is 11.2. The first-order valence-corrected chi connectivity index (χ1v) is 5.90. The summed E-state index contributed by atoms with van der Waals surface area (Å²) in [6.45, 7) is 2.36. The van der Waals surface area contributed by atoms with Crippen LogP contribution < -0.4 is 0 Å². The van der Waals surface area contributed by atoms with Crippen LogP contribution in [0.15, 0.2) is 0 Å². The summed E-state index contributed by atoms with van der Waals surface area (Å²) in [4.78, 5) is 11.2. The molecular formula is C12H18O3. The molecule has 5 unspecified atom stereocenters. The molecule has 0 N–H and O–H groups in total. The van der Waals surface area contributed by atoms with E-state index in [-0.39, 0.29) is 5.60 Å². The highest BCUT2D eigenvalue weighted by Crippen LogP contribution is 2.63. The molecule has 5 atom stereocenters. The fraction of sp³-hybridized carbons (Fsp3) is 0.917. The van der Waals surface area contributed by atoms with Gasteiger partial charge in [0.25, 0.3) is 0 Å². The van der Waals surface area contributed by atoms with E-state index in [9.17, 15) is 4.79 Å². The van der Waals surface area contributed by atoms with Gasteiger partial charge in [-0.2, -0.15) is 0 Å². The van der Waals surface area contributed by atoms with E-state index >= 15 is 0 Å². The van der Waals surface area contributed by atoms with Gasteiger partial charge < -0.3 is 9.47 Å². The van der Waals surface area contributed by atoms with E-state index in [1.807, 2.05) is 0 Å². The minimum absolute atomic E-state index is 0.155. The molecule has 3 nitrogen and oxygen atoms in total. The maximum atomic E-state index is 11.2. The molecule has 0 aromatic heterocycles. The van der Waals surface area contributed by atoms with Crippen molar-refractivity contribution in [3.8, 4) is 0 Å². The summed E-state index contributed by atoms with van der Waals surface area (Å²) < 4.78 is 10.1. The van der Waals surface area contributed by atoms with Crippen LogP contribution in [-0.4, -0.2) is 18.9 Å². The number of hydrogen-bond acceptors (Lipinski definition) is 3. The predicted molar refractivity (Wildman–Crippen MR) is 54.3 cm³/mol. The lowest BCUT2D eigenvalue weighted by molar-refractivity contribution is -0.0648. The quantitative estimate of drug-likeness (QED) is 0.624. The van der Waals surface area contributed by atoms with Gasteiger partial charge in [0.15, 0.2) is 0 Å². The summed E-state index contributed by atoms with van der Waals surface area (Å²) in [5, 5.41) is 0. The molecular weight excluding hydrogens is 192 g/mol. The molecule has 0 saturated heterocycles. The average molecular weight is 210 g/mol. The lowest BCUT2D eigenvalue weighted by Gasteiger charge is -2.39. The van der Waals surface area contributed by atoms with E-state index in [0.29, 0.717) is 0 Å². The largest absolute Gasteiger partial charge is 0.508 e. The lowest BCUT2D eigenvalue weighted by atomic mass is 9.73. The SMILES string of the molecule is COC(=O)OC12CC3CC(C1)C(C2)C3C. The van der Waals surface area contributed by atoms with E-state index in [0.717, 1.165) is 42.9 Å². The molecule has 0 aliphatic heterocycles. The zero-order chi connectivity index (χ0) is 10.6. The van der Waals surface area contributed by atoms with Crippen LogP contribution in [0, 0.1) is 23.7 Å². The molecule has 0 heterocycles. The molecule has 4 aliphatic carbocycles. The number of ether oxygens (including phenoxy) is 2. The van der Waals surface area contributed by atoms with E-state index in [4.69, 9.17) is 4.74 Å². The molecule has 4 aliphatic rings. The summed E-state index contributed by atoms with van der Waals surface area (Å²) in [6, 6.07) is 0. The maximum Gasteiger partial charge on any atom is 0.508 e. The zero-order valence-corrected chi connectivity index (χ0v) is 9.36. The van der Waals surface area contributed by atoms with Crippen molar-refractivity contribution < 1.29 is 14.3 Å². The van der Waals surface area contributed by atoms with Crippen LogP contribution in [0.1, 0.15) is 32.6 Å². The van der Waals surface area contributed by atoms with E-state index < -0.39 is 6.16 Å². The molecule has 0 spiro atoms. The topological polar surface area (TPSA) is 35.5 Å². The van der Waals surface area contributed by atoms with Gasteiger partial charge in [-0.15, -0.1) is 0 Å². The lowest BCUT2D eigenvalue weighted by Crippen LogP contribution is -2.40. The third kappa shape index (κ3) is 1.21. The molecule has 4 rings (SSSR count). The van der Waals surface area contributed by atoms with Crippen LogP contribution >= 0.6 is 0 Å². The summed E-state index contributed by atoms with van der Waals surface area (Å²) >= 11 is 0. The number of hydrogen-bond donors (Lipinski definition) is 0. The second-order valence-corrected chi connectivity index (χ2v) is 5.63. The molecule has 0 aromatic rings. The molecule has 15 heavy (non-hydrogen) atoms. The van der Waals surface area contributed by atoms with Crippen molar-refractivity contribution in [2.45, 2.75) is 38.2 Å². The Hall–Kier alpha value is -0.730. The van der Waals surface area contributed by atoms with Gasteiger partial charge in [-0.1, -0.05) is 6.92 Å². The molecule has 84 valence electrons. The smallest absolute Gasteiger partial charge is 0.438 e. The van der Waals surface area contributed by atoms with Crippen molar-refractivity contribution in [1.29, 1.82) is 0 Å². The molecule has 4 fully saturated rings. The first-order chi connectivity index (χ1) is 7.13. The van der Waals surface area contributed by atoms with Crippen LogP contribution in [0.5, 0.6) is 0 Å². The second-order valence-electron chi connectivity index (χ2n) is 5.63. The Labute approximate surface area is 90.1 Å². The van der Waals surface area contributed by atoms with Crippen molar-refractivity contribution in [2.24, 2.45) is 23.7 Å². The Morgan fingerprint density at radius 2 is 2.00 bits per heavy atom. The number of carbonyl (C=O) groups is 1. The van der Waals surface area contributed by atoms with Crippen molar-refractivity contribution in [3.63, 3.8) is 0 Å². The Morgan fingerprint density at radius 3 is 2.60 bits per heavy atom. The van der Waals surface area contributed by atoms with Gasteiger partial charge in [0.1, 0.15) is 5.60 Å². The van der Waals surface area contributed by atoms with Crippen LogP contribution in [0.3, 0.4) is 0 Å². The first kappa shape index (κ1) is 9.49. The summed E-state index contributed by atoms with van der Waals surface area (Å²) in [6.07, 6.45) is 4.08. The van der Waals surface area contributed by atoms with Gasteiger partial charge in [0.05, 0.1) is 7.11 Å². The third-order valence-electron chi connectivity index (χ3n) is 4.97. The van der Waals surface area contributed by atoms with E-state index in [1.165, 1.54) is 13.5 Å². The van der Waals surface area contributed by atoms with Crippen molar-refractivity contribution in [1.82, 2.24) is 0 Å². The summed E-state index contributed by atoms with van der Waals surface area (Å²) in [5.74, 6) is 3.23.